The number of piperidine rings is 1. The summed E-state index contributed by atoms with van der Waals surface area (Å²) in [4.78, 5) is 14.5. The fourth-order valence-corrected chi connectivity index (χ4v) is 3.29. The standard InChI is InChI=1S/C17H24FN3O.ClH/c18-14-5-3-13(4-6-14)12-21-10-7-15(8-11-21)20-17(22)16-2-1-9-19-16;/h3-6,15-16,19H,1-2,7-12H2,(H,20,22);1H/t16-;/m0./s1. The van der Waals surface area contributed by atoms with E-state index in [1.54, 1.807) is 0 Å². The number of nitrogens with zero attached hydrogens (tertiary/aromatic N) is 1. The van der Waals surface area contributed by atoms with E-state index in [0.717, 1.165) is 57.4 Å². The lowest BCUT2D eigenvalue weighted by Gasteiger charge is -2.32. The van der Waals surface area contributed by atoms with Crippen LogP contribution in [-0.4, -0.2) is 42.5 Å². The van der Waals surface area contributed by atoms with E-state index in [4.69, 9.17) is 0 Å². The zero-order valence-electron chi connectivity index (χ0n) is 13.3. The molecule has 6 heteroatoms. The van der Waals surface area contributed by atoms with E-state index in [9.17, 15) is 9.18 Å². The zero-order valence-corrected chi connectivity index (χ0v) is 14.1. The number of likely N-dealkylation sites (tertiary alicyclic amines) is 1. The molecule has 2 fully saturated rings. The van der Waals surface area contributed by atoms with Crippen molar-refractivity contribution in [3.05, 3.63) is 35.6 Å². The SMILES string of the molecule is Cl.O=C(NC1CCN(Cc2ccc(F)cc2)CC1)[C@@H]1CCCN1. The van der Waals surface area contributed by atoms with Gasteiger partial charge in [-0.3, -0.25) is 9.69 Å². The molecule has 0 spiro atoms. The van der Waals surface area contributed by atoms with Crippen molar-refractivity contribution >= 4 is 18.3 Å². The summed E-state index contributed by atoms with van der Waals surface area (Å²) in [6.45, 7) is 3.75. The quantitative estimate of drug-likeness (QED) is 0.881. The highest BCUT2D eigenvalue weighted by molar-refractivity contribution is 5.85. The summed E-state index contributed by atoms with van der Waals surface area (Å²) in [5.41, 5.74) is 1.14. The molecule has 2 aliphatic rings. The first-order chi connectivity index (χ1) is 10.7. The Kier molecular flexibility index (Phi) is 6.81. The van der Waals surface area contributed by atoms with Crippen LogP contribution in [-0.2, 0) is 11.3 Å². The summed E-state index contributed by atoms with van der Waals surface area (Å²) in [7, 11) is 0. The summed E-state index contributed by atoms with van der Waals surface area (Å²) in [6, 6.07) is 7.01. The van der Waals surface area contributed by atoms with E-state index in [2.05, 4.69) is 15.5 Å². The number of benzene rings is 1. The second-order valence-corrected chi connectivity index (χ2v) is 6.33. The van der Waals surface area contributed by atoms with Crippen molar-refractivity contribution in [3.63, 3.8) is 0 Å². The number of rotatable bonds is 4. The molecule has 3 rings (SSSR count). The van der Waals surface area contributed by atoms with Crippen LogP contribution in [0.4, 0.5) is 4.39 Å². The van der Waals surface area contributed by atoms with Crippen LogP contribution in [0.2, 0.25) is 0 Å². The molecule has 4 nitrogen and oxygen atoms in total. The Bertz CT molecular complexity index is 497. The highest BCUT2D eigenvalue weighted by Crippen LogP contribution is 2.15. The first-order valence-electron chi connectivity index (χ1n) is 8.21. The monoisotopic (exact) mass is 341 g/mol. The van der Waals surface area contributed by atoms with E-state index in [0.29, 0.717) is 6.04 Å². The van der Waals surface area contributed by atoms with Gasteiger partial charge >= 0.3 is 0 Å². The minimum Gasteiger partial charge on any atom is -0.352 e. The number of hydrogen-bond acceptors (Lipinski definition) is 3. The molecule has 2 heterocycles. The van der Waals surface area contributed by atoms with Crippen LogP contribution >= 0.6 is 12.4 Å². The highest BCUT2D eigenvalue weighted by atomic mass is 35.5. The van der Waals surface area contributed by atoms with Crippen molar-refractivity contribution in [3.8, 4) is 0 Å². The minimum atomic E-state index is -0.189. The lowest BCUT2D eigenvalue weighted by atomic mass is 10.0. The molecule has 1 amide bonds. The van der Waals surface area contributed by atoms with Gasteiger partial charge in [-0.1, -0.05) is 12.1 Å². The third kappa shape index (κ3) is 5.16. The summed E-state index contributed by atoms with van der Waals surface area (Å²) in [5, 5.41) is 6.41. The van der Waals surface area contributed by atoms with E-state index in [-0.39, 0.29) is 30.2 Å². The lowest BCUT2D eigenvalue weighted by Crippen LogP contribution is -2.49. The highest BCUT2D eigenvalue weighted by Gasteiger charge is 2.26. The molecule has 1 aromatic carbocycles. The Morgan fingerprint density at radius 2 is 1.91 bits per heavy atom. The van der Waals surface area contributed by atoms with Gasteiger partial charge in [-0.2, -0.15) is 0 Å². The summed E-state index contributed by atoms with van der Waals surface area (Å²) < 4.78 is 12.9. The fraction of sp³-hybridized carbons (Fsp3) is 0.588. The number of carbonyl (C=O) groups excluding carboxylic acids is 1. The van der Waals surface area contributed by atoms with Gasteiger partial charge in [0.1, 0.15) is 5.82 Å². The predicted molar refractivity (Wildman–Crippen MR) is 91.1 cm³/mol. The molecule has 1 atom stereocenters. The van der Waals surface area contributed by atoms with Crippen LogP contribution in [0.5, 0.6) is 0 Å². The van der Waals surface area contributed by atoms with Gasteiger partial charge in [0.05, 0.1) is 6.04 Å². The molecule has 0 saturated carbocycles. The Morgan fingerprint density at radius 1 is 1.22 bits per heavy atom. The molecule has 2 aliphatic heterocycles. The molecule has 0 bridgehead atoms. The normalized spacial score (nSPS) is 22.6. The largest absolute Gasteiger partial charge is 0.352 e. The van der Waals surface area contributed by atoms with Gasteiger partial charge in [0, 0.05) is 25.7 Å². The van der Waals surface area contributed by atoms with Gasteiger partial charge in [0.15, 0.2) is 0 Å². The number of amides is 1. The number of carbonyl (C=O) groups is 1. The topological polar surface area (TPSA) is 44.4 Å². The maximum atomic E-state index is 12.9. The average molecular weight is 342 g/mol. The van der Waals surface area contributed by atoms with Gasteiger partial charge in [-0.05, 0) is 49.9 Å². The van der Waals surface area contributed by atoms with Crippen LogP contribution in [0.25, 0.3) is 0 Å². The van der Waals surface area contributed by atoms with Crippen molar-refractivity contribution in [1.82, 2.24) is 15.5 Å². The van der Waals surface area contributed by atoms with E-state index >= 15 is 0 Å². The van der Waals surface area contributed by atoms with Crippen molar-refractivity contribution in [2.24, 2.45) is 0 Å². The molecule has 1 aromatic rings. The van der Waals surface area contributed by atoms with Gasteiger partial charge in [-0.25, -0.2) is 4.39 Å². The average Bonchev–Trinajstić information content (AvgIpc) is 3.06. The summed E-state index contributed by atoms with van der Waals surface area (Å²) in [5.74, 6) is -0.0276. The van der Waals surface area contributed by atoms with Crippen LogP contribution in [0.3, 0.4) is 0 Å². The second kappa shape index (κ2) is 8.62. The van der Waals surface area contributed by atoms with Gasteiger partial charge in [-0.15, -0.1) is 12.4 Å². The number of nitrogens with one attached hydrogen (secondary N) is 2. The van der Waals surface area contributed by atoms with E-state index < -0.39 is 0 Å². The van der Waals surface area contributed by atoms with Crippen LogP contribution < -0.4 is 10.6 Å². The van der Waals surface area contributed by atoms with E-state index in [1.165, 1.54) is 12.1 Å². The maximum absolute atomic E-state index is 12.9. The maximum Gasteiger partial charge on any atom is 0.237 e. The van der Waals surface area contributed by atoms with Crippen LogP contribution in [0.15, 0.2) is 24.3 Å². The lowest BCUT2D eigenvalue weighted by molar-refractivity contribution is -0.123. The molecule has 128 valence electrons. The molecule has 23 heavy (non-hydrogen) atoms. The molecular weight excluding hydrogens is 317 g/mol. The smallest absolute Gasteiger partial charge is 0.237 e. The molecule has 0 unspecified atom stereocenters. The Morgan fingerprint density at radius 3 is 2.52 bits per heavy atom. The Hall–Kier alpha value is -1.17. The third-order valence-corrected chi connectivity index (χ3v) is 4.63. The fourth-order valence-electron chi connectivity index (χ4n) is 3.29. The molecule has 2 saturated heterocycles. The molecular formula is C17H25ClFN3O. The molecule has 0 radical (unpaired) electrons. The number of halogens is 2. The van der Waals surface area contributed by atoms with Crippen LogP contribution in [0.1, 0.15) is 31.2 Å². The second-order valence-electron chi connectivity index (χ2n) is 6.33. The minimum absolute atomic E-state index is 0. The van der Waals surface area contributed by atoms with Crippen molar-refractivity contribution in [2.45, 2.75) is 44.3 Å². The van der Waals surface area contributed by atoms with Crippen molar-refractivity contribution in [2.75, 3.05) is 19.6 Å². The third-order valence-electron chi connectivity index (χ3n) is 4.63. The zero-order chi connectivity index (χ0) is 15.4. The van der Waals surface area contributed by atoms with Gasteiger partial charge in [0.25, 0.3) is 0 Å². The Balaban J connectivity index is 0.00000192. The molecule has 0 aliphatic carbocycles. The first-order valence-corrected chi connectivity index (χ1v) is 8.21. The molecule has 2 N–H and O–H groups in total. The predicted octanol–water partition coefficient (Wildman–Crippen LogP) is 2.08. The number of hydrogen-bond donors (Lipinski definition) is 2. The van der Waals surface area contributed by atoms with E-state index in [1.807, 2.05) is 12.1 Å². The summed E-state index contributed by atoms with van der Waals surface area (Å²) in [6.07, 6.45) is 4.02. The van der Waals surface area contributed by atoms with Gasteiger partial charge < -0.3 is 10.6 Å². The summed E-state index contributed by atoms with van der Waals surface area (Å²) >= 11 is 0. The van der Waals surface area contributed by atoms with Gasteiger partial charge in [0.2, 0.25) is 5.91 Å². The van der Waals surface area contributed by atoms with Crippen LogP contribution in [0, 0.1) is 5.82 Å². The van der Waals surface area contributed by atoms with Crippen molar-refractivity contribution < 1.29 is 9.18 Å². The van der Waals surface area contributed by atoms with Crippen molar-refractivity contribution in [1.29, 1.82) is 0 Å². The molecule has 0 aromatic heterocycles. The first kappa shape index (κ1) is 18.2. The Labute approximate surface area is 143 Å².